The lowest BCUT2D eigenvalue weighted by molar-refractivity contribution is 0.614. The number of allylic oxidation sites excluding steroid dienone is 5. The van der Waals surface area contributed by atoms with E-state index >= 15 is 0 Å². The summed E-state index contributed by atoms with van der Waals surface area (Å²) in [7, 11) is 0. The van der Waals surface area contributed by atoms with Gasteiger partial charge in [-0.3, -0.25) is 0 Å². The van der Waals surface area contributed by atoms with Gasteiger partial charge in [-0.15, -0.1) is 0 Å². The minimum absolute atomic E-state index is 0.631. The van der Waals surface area contributed by atoms with Crippen molar-refractivity contribution in [3.05, 3.63) is 36.5 Å². The first-order chi connectivity index (χ1) is 6.22. The van der Waals surface area contributed by atoms with E-state index in [1.54, 1.807) is 0 Å². The van der Waals surface area contributed by atoms with Gasteiger partial charge in [0.05, 0.1) is 0 Å². The Morgan fingerprint density at radius 3 is 2.62 bits per heavy atom. The maximum Gasteiger partial charge on any atom is -0.0166 e. The maximum atomic E-state index is 4.06. The normalized spacial score (nSPS) is 14.1. The van der Waals surface area contributed by atoms with Crippen LogP contribution in [0.25, 0.3) is 0 Å². The highest BCUT2D eigenvalue weighted by Gasteiger charge is 2.00. The first kappa shape index (κ1) is 12.2. The average molecular weight is 178 g/mol. The molecule has 0 heterocycles. The molecule has 0 aliphatic heterocycles. The zero-order valence-electron chi connectivity index (χ0n) is 9.22. The van der Waals surface area contributed by atoms with Gasteiger partial charge in [0.25, 0.3) is 0 Å². The summed E-state index contributed by atoms with van der Waals surface area (Å²) in [6.45, 7) is 10.6. The fourth-order valence-corrected chi connectivity index (χ4v) is 1.22. The van der Waals surface area contributed by atoms with E-state index < -0.39 is 0 Å². The van der Waals surface area contributed by atoms with E-state index in [0.29, 0.717) is 5.92 Å². The Kier molecular flexibility index (Phi) is 7.38. The van der Waals surface area contributed by atoms with Gasteiger partial charge in [-0.25, -0.2) is 0 Å². The molecule has 0 spiro atoms. The minimum Gasteiger partial charge on any atom is -0.0956 e. The molecule has 0 nitrogen and oxygen atoms in total. The van der Waals surface area contributed by atoms with Crippen LogP contribution in [0.4, 0.5) is 0 Å². The Balaban J connectivity index is 3.77. The highest BCUT2D eigenvalue weighted by molar-refractivity contribution is 5.17. The van der Waals surface area contributed by atoms with Crippen LogP contribution in [0.3, 0.4) is 0 Å². The molecule has 0 aliphatic carbocycles. The molecule has 74 valence electrons. The quantitative estimate of drug-likeness (QED) is 0.415. The lowest BCUT2D eigenvalue weighted by atomic mass is 9.97. The van der Waals surface area contributed by atoms with Gasteiger partial charge >= 0.3 is 0 Å². The molecule has 0 amide bonds. The van der Waals surface area contributed by atoms with E-state index in [4.69, 9.17) is 0 Å². The standard InChI is InChI=1S/C13H22/c1-5-7-8-9-11-13(4)12(3)10-6-2/h5,7,9,11-12H,4,6,8,10H2,1-3H3. The Morgan fingerprint density at radius 2 is 2.08 bits per heavy atom. The van der Waals surface area contributed by atoms with E-state index in [-0.39, 0.29) is 0 Å². The van der Waals surface area contributed by atoms with Crippen molar-refractivity contribution in [1.29, 1.82) is 0 Å². The van der Waals surface area contributed by atoms with E-state index in [0.717, 1.165) is 6.42 Å². The molecule has 1 unspecified atom stereocenters. The largest absolute Gasteiger partial charge is 0.0956 e. The lowest BCUT2D eigenvalue weighted by Crippen LogP contribution is -1.94. The van der Waals surface area contributed by atoms with Gasteiger partial charge in [0, 0.05) is 0 Å². The van der Waals surface area contributed by atoms with Gasteiger partial charge in [-0.1, -0.05) is 56.7 Å². The Bertz CT molecular complexity index is 184. The lowest BCUT2D eigenvalue weighted by Gasteiger charge is -2.08. The number of rotatable bonds is 6. The van der Waals surface area contributed by atoms with Crippen LogP contribution < -0.4 is 0 Å². The van der Waals surface area contributed by atoms with Crippen molar-refractivity contribution in [3.8, 4) is 0 Å². The van der Waals surface area contributed by atoms with Crippen LogP contribution in [0.2, 0.25) is 0 Å². The molecule has 0 fully saturated rings. The summed E-state index contributed by atoms with van der Waals surface area (Å²) in [4.78, 5) is 0. The predicted octanol–water partition coefficient (Wildman–Crippen LogP) is 4.50. The third kappa shape index (κ3) is 6.39. The van der Waals surface area contributed by atoms with Crippen molar-refractivity contribution in [2.24, 2.45) is 5.92 Å². The minimum atomic E-state index is 0.631. The monoisotopic (exact) mass is 178 g/mol. The fourth-order valence-electron chi connectivity index (χ4n) is 1.22. The SMILES string of the molecule is C=C(C=CCC=CC)C(C)CCC. The van der Waals surface area contributed by atoms with Crippen molar-refractivity contribution in [3.63, 3.8) is 0 Å². The molecule has 0 radical (unpaired) electrons. The highest BCUT2D eigenvalue weighted by atomic mass is 14.1. The summed E-state index contributed by atoms with van der Waals surface area (Å²) < 4.78 is 0. The Hall–Kier alpha value is -0.780. The Morgan fingerprint density at radius 1 is 1.38 bits per heavy atom. The first-order valence-electron chi connectivity index (χ1n) is 5.18. The van der Waals surface area contributed by atoms with Crippen molar-refractivity contribution in [2.45, 2.75) is 40.0 Å². The third-order valence-corrected chi connectivity index (χ3v) is 2.19. The Labute approximate surface area is 83.0 Å². The summed E-state index contributed by atoms with van der Waals surface area (Å²) in [5.74, 6) is 0.631. The molecule has 0 saturated heterocycles. The summed E-state index contributed by atoms with van der Waals surface area (Å²) in [5, 5.41) is 0. The smallest absolute Gasteiger partial charge is 0.0166 e. The van der Waals surface area contributed by atoms with Crippen molar-refractivity contribution < 1.29 is 0 Å². The van der Waals surface area contributed by atoms with Crippen LogP contribution in [-0.4, -0.2) is 0 Å². The molecule has 1 atom stereocenters. The molecule has 0 bridgehead atoms. The number of hydrogen-bond donors (Lipinski definition) is 0. The molecule has 0 rings (SSSR count). The van der Waals surface area contributed by atoms with Gasteiger partial charge in [-0.2, -0.15) is 0 Å². The topological polar surface area (TPSA) is 0 Å². The second kappa shape index (κ2) is 7.85. The van der Waals surface area contributed by atoms with E-state index in [1.165, 1.54) is 18.4 Å². The fraction of sp³-hybridized carbons (Fsp3) is 0.538. The van der Waals surface area contributed by atoms with Crippen molar-refractivity contribution in [2.75, 3.05) is 0 Å². The third-order valence-electron chi connectivity index (χ3n) is 2.19. The van der Waals surface area contributed by atoms with Crippen LogP contribution in [-0.2, 0) is 0 Å². The van der Waals surface area contributed by atoms with Crippen molar-refractivity contribution >= 4 is 0 Å². The van der Waals surface area contributed by atoms with Gasteiger partial charge in [0.2, 0.25) is 0 Å². The van der Waals surface area contributed by atoms with Crippen LogP contribution >= 0.6 is 0 Å². The van der Waals surface area contributed by atoms with Gasteiger partial charge in [0.15, 0.2) is 0 Å². The average Bonchev–Trinajstić information content (AvgIpc) is 2.12. The number of hydrogen-bond acceptors (Lipinski definition) is 0. The molecule has 0 N–H and O–H groups in total. The van der Waals surface area contributed by atoms with Crippen LogP contribution in [0.15, 0.2) is 36.5 Å². The summed E-state index contributed by atoms with van der Waals surface area (Å²) in [6.07, 6.45) is 12.1. The molecular weight excluding hydrogens is 156 g/mol. The molecule has 0 aromatic carbocycles. The van der Waals surface area contributed by atoms with E-state index in [2.05, 4.69) is 44.7 Å². The molecule has 13 heavy (non-hydrogen) atoms. The molecule has 0 heteroatoms. The highest BCUT2D eigenvalue weighted by Crippen LogP contribution is 2.15. The summed E-state index contributed by atoms with van der Waals surface area (Å²) in [6, 6.07) is 0. The second-order valence-corrected chi connectivity index (χ2v) is 3.47. The second-order valence-electron chi connectivity index (χ2n) is 3.47. The van der Waals surface area contributed by atoms with Crippen LogP contribution in [0.1, 0.15) is 40.0 Å². The van der Waals surface area contributed by atoms with Crippen LogP contribution in [0, 0.1) is 5.92 Å². The summed E-state index contributed by atoms with van der Waals surface area (Å²) in [5.41, 5.74) is 1.26. The summed E-state index contributed by atoms with van der Waals surface area (Å²) >= 11 is 0. The van der Waals surface area contributed by atoms with E-state index in [9.17, 15) is 0 Å². The molecule has 0 saturated carbocycles. The van der Waals surface area contributed by atoms with Gasteiger partial charge in [-0.05, 0) is 25.7 Å². The van der Waals surface area contributed by atoms with Crippen molar-refractivity contribution in [1.82, 2.24) is 0 Å². The van der Waals surface area contributed by atoms with Crippen LogP contribution in [0.5, 0.6) is 0 Å². The first-order valence-corrected chi connectivity index (χ1v) is 5.18. The zero-order chi connectivity index (χ0) is 10.1. The maximum absolute atomic E-state index is 4.06. The molecule has 0 aromatic rings. The molecular formula is C13H22. The van der Waals surface area contributed by atoms with E-state index in [1.807, 2.05) is 6.92 Å². The predicted molar refractivity (Wildman–Crippen MR) is 61.8 cm³/mol. The molecule has 0 aromatic heterocycles. The van der Waals surface area contributed by atoms with Gasteiger partial charge in [0.1, 0.15) is 0 Å². The molecule has 0 aliphatic rings. The zero-order valence-corrected chi connectivity index (χ0v) is 9.22. The van der Waals surface area contributed by atoms with Gasteiger partial charge < -0.3 is 0 Å².